The molecule has 0 aliphatic heterocycles. The molecule has 74 valence electrons. The summed E-state index contributed by atoms with van der Waals surface area (Å²) in [5.41, 5.74) is 4.64. The van der Waals surface area contributed by atoms with Crippen LogP contribution in [-0.4, -0.2) is 0 Å². The molecule has 0 aromatic heterocycles. The van der Waals surface area contributed by atoms with Gasteiger partial charge in [0.1, 0.15) is 0 Å². The molecule has 0 nitrogen and oxygen atoms in total. The van der Waals surface area contributed by atoms with E-state index in [0.717, 1.165) is 3.63 Å². The van der Waals surface area contributed by atoms with E-state index in [2.05, 4.69) is 51.2 Å². The molecule has 0 heterocycles. The maximum absolute atomic E-state index is 2.53. The van der Waals surface area contributed by atoms with Crippen molar-refractivity contribution in [1.82, 2.24) is 0 Å². The second-order valence-corrected chi connectivity index (χ2v) is 18.4. The van der Waals surface area contributed by atoms with Crippen molar-refractivity contribution in [1.29, 1.82) is 0 Å². The van der Waals surface area contributed by atoms with Gasteiger partial charge in [0, 0.05) is 0 Å². The van der Waals surface area contributed by atoms with E-state index in [4.69, 9.17) is 0 Å². The van der Waals surface area contributed by atoms with Crippen LogP contribution >= 0.6 is 0 Å². The van der Waals surface area contributed by atoms with Crippen LogP contribution < -0.4 is 0 Å². The number of hydrogen-bond donors (Lipinski definition) is 0. The van der Waals surface area contributed by atoms with Crippen molar-refractivity contribution < 1.29 is 20.3 Å². The Morgan fingerprint density at radius 1 is 1.07 bits per heavy atom. The SMILES string of the molecule is CC1=Cc2ccccc2[CH]1[Zr]([CH3])([CH3])[CH3]. The second-order valence-electron chi connectivity index (χ2n) is 5.32. The van der Waals surface area contributed by atoms with Gasteiger partial charge < -0.3 is 0 Å². The summed E-state index contributed by atoms with van der Waals surface area (Å²) in [6.07, 6.45) is 2.38. The molecule has 0 N–H and O–H groups in total. The first-order valence-electron chi connectivity index (χ1n) is 5.27. The van der Waals surface area contributed by atoms with Gasteiger partial charge in [0.15, 0.2) is 0 Å². The summed E-state index contributed by atoms with van der Waals surface area (Å²) in [6.45, 7) is 2.30. The zero-order chi connectivity index (χ0) is 10.3. The summed E-state index contributed by atoms with van der Waals surface area (Å²) in [6, 6.07) is 8.88. The number of allylic oxidation sites excluding steroid dienone is 1. The van der Waals surface area contributed by atoms with Gasteiger partial charge in [0.05, 0.1) is 0 Å². The van der Waals surface area contributed by atoms with E-state index < -0.39 is 20.3 Å². The molecule has 14 heavy (non-hydrogen) atoms. The first kappa shape index (κ1) is 10.4. The molecule has 0 radical (unpaired) electrons. The van der Waals surface area contributed by atoms with Crippen LogP contribution in [0, 0.1) is 0 Å². The average Bonchev–Trinajstić information content (AvgIpc) is 2.38. The number of benzene rings is 1. The molecule has 0 spiro atoms. The molecule has 1 aliphatic rings. The van der Waals surface area contributed by atoms with Crippen LogP contribution in [0.4, 0.5) is 0 Å². The van der Waals surface area contributed by atoms with Crippen LogP contribution in [0.2, 0.25) is 13.9 Å². The van der Waals surface area contributed by atoms with Crippen LogP contribution in [-0.2, 0) is 20.3 Å². The number of fused-ring (bicyclic) bond motifs is 1. The summed E-state index contributed by atoms with van der Waals surface area (Å²) in [4.78, 5) is 0. The van der Waals surface area contributed by atoms with Gasteiger partial charge in [-0.15, -0.1) is 0 Å². The minimum atomic E-state index is -1.84. The molecule has 0 bridgehead atoms. The summed E-state index contributed by atoms with van der Waals surface area (Å²) < 4.78 is 8.39. The summed E-state index contributed by atoms with van der Waals surface area (Å²) >= 11 is -1.84. The molecule has 1 aromatic carbocycles. The maximum atomic E-state index is 2.53. The van der Waals surface area contributed by atoms with Gasteiger partial charge in [-0.3, -0.25) is 0 Å². The Bertz CT molecular complexity index is 382. The Labute approximate surface area is 91.4 Å². The predicted molar refractivity (Wildman–Crippen MR) is 60.4 cm³/mol. The van der Waals surface area contributed by atoms with Gasteiger partial charge in [0.25, 0.3) is 0 Å². The Kier molecular flexibility index (Phi) is 2.56. The van der Waals surface area contributed by atoms with E-state index in [1.807, 2.05) is 0 Å². The molecular weight excluding hydrogens is 247 g/mol. The molecule has 1 aliphatic carbocycles. The quantitative estimate of drug-likeness (QED) is 0.704. The minimum absolute atomic E-state index is 0.806. The van der Waals surface area contributed by atoms with Crippen LogP contribution in [0.1, 0.15) is 21.7 Å². The van der Waals surface area contributed by atoms with E-state index in [1.54, 1.807) is 11.1 Å². The van der Waals surface area contributed by atoms with E-state index >= 15 is 0 Å². The Morgan fingerprint density at radius 2 is 1.71 bits per heavy atom. The Hall–Kier alpha value is -0.157. The van der Waals surface area contributed by atoms with Crippen LogP contribution in [0.15, 0.2) is 29.8 Å². The molecule has 0 saturated heterocycles. The molecule has 0 amide bonds. The number of hydrogen-bond acceptors (Lipinski definition) is 0. The molecule has 1 unspecified atom stereocenters. The molecular formula is C13H18Zr. The van der Waals surface area contributed by atoms with Crippen molar-refractivity contribution in [2.45, 2.75) is 24.4 Å². The zero-order valence-electron chi connectivity index (χ0n) is 9.46. The molecule has 2 rings (SSSR count). The van der Waals surface area contributed by atoms with Crippen molar-refractivity contribution in [3.05, 3.63) is 41.0 Å². The standard InChI is InChI=1S/C10H9.3CH3.Zr/c1-8-6-9-4-2-3-5-10(9)7-8;;;;/h2-7H,1H3;3*1H3;. The summed E-state index contributed by atoms with van der Waals surface area (Å²) in [5.74, 6) is 0. The van der Waals surface area contributed by atoms with Crippen molar-refractivity contribution in [3.63, 3.8) is 0 Å². The van der Waals surface area contributed by atoms with E-state index in [1.165, 1.54) is 5.56 Å². The van der Waals surface area contributed by atoms with Crippen molar-refractivity contribution in [2.75, 3.05) is 0 Å². The van der Waals surface area contributed by atoms with Crippen LogP contribution in [0.25, 0.3) is 6.08 Å². The second kappa shape index (κ2) is 3.45. The van der Waals surface area contributed by atoms with Gasteiger partial charge in [0.2, 0.25) is 0 Å². The topological polar surface area (TPSA) is 0 Å². The predicted octanol–water partition coefficient (Wildman–Crippen LogP) is 4.44. The summed E-state index contributed by atoms with van der Waals surface area (Å²) in [7, 11) is 0. The van der Waals surface area contributed by atoms with Gasteiger partial charge in [-0.05, 0) is 0 Å². The molecule has 1 aromatic rings. The van der Waals surface area contributed by atoms with Crippen molar-refractivity contribution in [3.8, 4) is 0 Å². The third-order valence-corrected chi connectivity index (χ3v) is 9.15. The average molecular weight is 266 g/mol. The molecule has 1 atom stereocenters. The molecule has 0 fully saturated rings. The molecule has 1 heteroatoms. The third-order valence-electron chi connectivity index (χ3n) is 3.01. The monoisotopic (exact) mass is 264 g/mol. The van der Waals surface area contributed by atoms with Crippen LogP contribution in [0.3, 0.4) is 0 Å². The molecule has 0 saturated carbocycles. The van der Waals surface area contributed by atoms with E-state index in [9.17, 15) is 0 Å². The van der Waals surface area contributed by atoms with Crippen molar-refractivity contribution in [2.24, 2.45) is 0 Å². The third kappa shape index (κ3) is 1.67. The summed E-state index contributed by atoms with van der Waals surface area (Å²) in [5, 5.41) is 0. The first-order chi connectivity index (χ1) is 6.50. The van der Waals surface area contributed by atoms with Gasteiger partial charge in [-0.2, -0.15) is 0 Å². The van der Waals surface area contributed by atoms with Gasteiger partial charge >= 0.3 is 91.8 Å². The van der Waals surface area contributed by atoms with Gasteiger partial charge in [-0.25, -0.2) is 0 Å². The first-order valence-corrected chi connectivity index (χ1v) is 14.1. The number of rotatable bonds is 1. The van der Waals surface area contributed by atoms with E-state index in [0.29, 0.717) is 0 Å². The van der Waals surface area contributed by atoms with Crippen molar-refractivity contribution >= 4 is 6.08 Å². The zero-order valence-corrected chi connectivity index (χ0v) is 11.9. The normalized spacial score (nSPS) is 20.6. The van der Waals surface area contributed by atoms with Gasteiger partial charge in [-0.1, -0.05) is 0 Å². The fourth-order valence-corrected chi connectivity index (χ4v) is 9.13. The Balaban J connectivity index is 2.52. The van der Waals surface area contributed by atoms with E-state index in [-0.39, 0.29) is 0 Å². The Morgan fingerprint density at radius 3 is 2.36 bits per heavy atom. The fraction of sp³-hybridized carbons (Fsp3) is 0.385. The van der Waals surface area contributed by atoms with Crippen LogP contribution in [0.5, 0.6) is 0 Å². The fourth-order valence-electron chi connectivity index (χ4n) is 2.63.